The van der Waals surface area contributed by atoms with Crippen LogP contribution >= 0.6 is 0 Å². The normalized spacial score (nSPS) is 18.3. The highest BCUT2D eigenvalue weighted by atomic mass is 16.5. The van der Waals surface area contributed by atoms with E-state index in [1.54, 1.807) is 19.4 Å². The van der Waals surface area contributed by atoms with Crippen molar-refractivity contribution in [3.63, 3.8) is 0 Å². The molecule has 1 aromatic heterocycles. The van der Waals surface area contributed by atoms with Gasteiger partial charge in [0.1, 0.15) is 5.82 Å². The molecule has 4 rings (SSSR count). The molecule has 27 heavy (non-hydrogen) atoms. The molecule has 0 bridgehead atoms. The molecule has 1 amide bonds. The molecule has 5 nitrogen and oxygen atoms in total. The number of methoxy groups -OCH3 is 1. The van der Waals surface area contributed by atoms with Crippen molar-refractivity contribution in [2.75, 3.05) is 12.0 Å². The van der Waals surface area contributed by atoms with Gasteiger partial charge >= 0.3 is 0 Å². The van der Waals surface area contributed by atoms with Gasteiger partial charge in [-0.15, -0.1) is 0 Å². The lowest BCUT2D eigenvalue weighted by molar-refractivity contribution is 0.00279. The van der Waals surface area contributed by atoms with Crippen LogP contribution in [0, 0.1) is 0 Å². The summed E-state index contributed by atoms with van der Waals surface area (Å²) in [6.07, 6.45) is 2.95. The summed E-state index contributed by atoms with van der Waals surface area (Å²) in [6, 6.07) is 21.6. The molecule has 3 aromatic rings. The zero-order valence-corrected chi connectivity index (χ0v) is 15.1. The Morgan fingerprint density at radius 2 is 1.89 bits per heavy atom. The second-order valence-electron chi connectivity index (χ2n) is 6.68. The van der Waals surface area contributed by atoms with Crippen LogP contribution in [-0.2, 0) is 17.6 Å². The van der Waals surface area contributed by atoms with Crippen LogP contribution in [0.15, 0.2) is 72.9 Å². The number of ether oxygens (including phenoxy) is 1. The highest BCUT2D eigenvalue weighted by molar-refractivity contribution is 5.97. The first-order valence-corrected chi connectivity index (χ1v) is 8.87. The van der Waals surface area contributed by atoms with Gasteiger partial charge in [0.2, 0.25) is 5.91 Å². The summed E-state index contributed by atoms with van der Waals surface area (Å²) in [5.74, 6) is 0.343. The number of pyridine rings is 1. The summed E-state index contributed by atoms with van der Waals surface area (Å²) in [4.78, 5) is 18.6. The van der Waals surface area contributed by atoms with E-state index in [1.807, 2.05) is 48.5 Å². The fourth-order valence-corrected chi connectivity index (χ4v) is 3.89. The SMILES string of the molecule is COC1(Cc2ccccc2)Cc2c(C(N)=O)cccc2N1c1ccccn1. The summed E-state index contributed by atoms with van der Waals surface area (Å²) >= 11 is 0. The summed E-state index contributed by atoms with van der Waals surface area (Å²) in [6.45, 7) is 0. The Balaban J connectivity index is 1.89. The number of benzene rings is 2. The number of hydrogen-bond acceptors (Lipinski definition) is 4. The predicted molar refractivity (Wildman–Crippen MR) is 105 cm³/mol. The van der Waals surface area contributed by atoms with Crippen LogP contribution in [0.4, 0.5) is 11.5 Å². The van der Waals surface area contributed by atoms with Crippen LogP contribution in [0.2, 0.25) is 0 Å². The second-order valence-corrected chi connectivity index (χ2v) is 6.68. The molecule has 0 aliphatic carbocycles. The number of primary amides is 1. The number of nitrogens with zero attached hydrogens (tertiary/aromatic N) is 2. The molecule has 0 saturated carbocycles. The number of fused-ring (bicyclic) bond motifs is 1. The Hall–Kier alpha value is -3.18. The van der Waals surface area contributed by atoms with Crippen molar-refractivity contribution in [3.8, 4) is 0 Å². The van der Waals surface area contributed by atoms with Gasteiger partial charge in [0.25, 0.3) is 0 Å². The number of nitrogens with two attached hydrogens (primary N) is 1. The van der Waals surface area contributed by atoms with Crippen molar-refractivity contribution < 1.29 is 9.53 Å². The average molecular weight is 359 g/mol. The molecule has 0 spiro atoms. The van der Waals surface area contributed by atoms with Crippen molar-refractivity contribution in [2.45, 2.75) is 18.6 Å². The third-order valence-electron chi connectivity index (χ3n) is 5.10. The van der Waals surface area contributed by atoms with E-state index < -0.39 is 11.6 Å². The molecule has 2 heterocycles. The van der Waals surface area contributed by atoms with Crippen LogP contribution in [0.3, 0.4) is 0 Å². The zero-order chi connectivity index (χ0) is 18.9. The van der Waals surface area contributed by atoms with Crippen LogP contribution in [0.1, 0.15) is 21.5 Å². The molecule has 1 unspecified atom stereocenters. The third-order valence-corrected chi connectivity index (χ3v) is 5.10. The molecule has 136 valence electrons. The lowest BCUT2D eigenvalue weighted by Crippen LogP contribution is -2.48. The van der Waals surface area contributed by atoms with Crippen molar-refractivity contribution in [1.82, 2.24) is 4.98 Å². The van der Waals surface area contributed by atoms with Gasteiger partial charge in [-0.2, -0.15) is 0 Å². The molecular formula is C22H21N3O2. The largest absolute Gasteiger partial charge is 0.366 e. The maximum Gasteiger partial charge on any atom is 0.249 e. The van der Waals surface area contributed by atoms with Gasteiger partial charge in [0.05, 0.1) is 0 Å². The summed E-state index contributed by atoms with van der Waals surface area (Å²) in [7, 11) is 1.70. The standard InChI is InChI=1S/C22H21N3O2/c1-27-22(14-16-8-3-2-4-9-16)15-18-17(21(23)26)10-7-11-19(18)25(22)20-12-5-6-13-24-20/h2-13H,14-15H2,1H3,(H2,23,26). The first-order chi connectivity index (χ1) is 13.1. The molecule has 2 N–H and O–H groups in total. The van der Waals surface area contributed by atoms with E-state index in [0.29, 0.717) is 18.4 Å². The van der Waals surface area contributed by atoms with Crippen LogP contribution < -0.4 is 10.6 Å². The fourth-order valence-electron chi connectivity index (χ4n) is 3.89. The van der Waals surface area contributed by atoms with Crippen LogP contribution in [-0.4, -0.2) is 23.7 Å². The molecule has 5 heteroatoms. The van der Waals surface area contributed by atoms with Crippen molar-refractivity contribution >= 4 is 17.4 Å². The number of aromatic nitrogens is 1. The highest BCUT2D eigenvalue weighted by Crippen LogP contribution is 2.46. The van der Waals surface area contributed by atoms with E-state index in [2.05, 4.69) is 22.0 Å². The number of carbonyl (C=O) groups is 1. The predicted octanol–water partition coefficient (Wildman–Crippen LogP) is 3.46. The number of rotatable bonds is 5. The Morgan fingerprint density at radius 3 is 2.56 bits per heavy atom. The number of hydrogen-bond donors (Lipinski definition) is 1. The Bertz CT molecular complexity index is 960. The van der Waals surface area contributed by atoms with Gasteiger partial charge in [-0.3, -0.25) is 9.69 Å². The lowest BCUT2D eigenvalue weighted by atomic mass is 9.95. The summed E-state index contributed by atoms with van der Waals surface area (Å²) in [5.41, 5.74) is 8.43. The van der Waals surface area contributed by atoms with E-state index in [9.17, 15) is 4.79 Å². The first kappa shape index (κ1) is 17.2. The maximum atomic E-state index is 12.0. The minimum absolute atomic E-state index is 0.431. The number of anilines is 2. The van der Waals surface area contributed by atoms with E-state index in [4.69, 9.17) is 10.5 Å². The van der Waals surface area contributed by atoms with Crippen molar-refractivity contribution in [1.29, 1.82) is 0 Å². The van der Waals surface area contributed by atoms with Gasteiger partial charge < -0.3 is 10.5 Å². The first-order valence-electron chi connectivity index (χ1n) is 8.87. The Morgan fingerprint density at radius 1 is 1.11 bits per heavy atom. The molecule has 0 saturated heterocycles. The smallest absolute Gasteiger partial charge is 0.249 e. The van der Waals surface area contributed by atoms with Gasteiger partial charge in [0, 0.05) is 37.4 Å². The molecule has 2 aromatic carbocycles. The average Bonchev–Trinajstić information content (AvgIpc) is 3.03. The van der Waals surface area contributed by atoms with Gasteiger partial charge in [0.15, 0.2) is 5.72 Å². The minimum atomic E-state index is -0.691. The summed E-state index contributed by atoms with van der Waals surface area (Å²) < 4.78 is 6.12. The van der Waals surface area contributed by atoms with E-state index >= 15 is 0 Å². The molecule has 1 aliphatic rings. The Kier molecular flexibility index (Phi) is 4.38. The van der Waals surface area contributed by atoms with Crippen molar-refractivity contribution in [3.05, 3.63) is 89.6 Å². The maximum absolute atomic E-state index is 12.0. The highest BCUT2D eigenvalue weighted by Gasteiger charge is 2.46. The van der Waals surface area contributed by atoms with Crippen molar-refractivity contribution in [2.24, 2.45) is 5.73 Å². The number of amides is 1. The number of carbonyl (C=O) groups excluding carboxylic acids is 1. The molecule has 1 aliphatic heterocycles. The molecular weight excluding hydrogens is 338 g/mol. The molecule has 0 radical (unpaired) electrons. The van der Waals surface area contributed by atoms with E-state index in [1.165, 1.54) is 0 Å². The topological polar surface area (TPSA) is 68.5 Å². The van der Waals surface area contributed by atoms with E-state index in [-0.39, 0.29) is 0 Å². The van der Waals surface area contributed by atoms with Crippen LogP contribution in [0.5, 0.6) is 0 Å². The Labute approximate surface area is 158 Å². The quantitative estimate of drug-likeness (QED) is 0.757. The fraction of sp³-hybridized carbons (Fsp3) is 0.182. The third kappa shape index (κ3) is 2.96. The minimum Gasteiger partial charge on any atom is -0.366 e. The monoisotopic (exact) mass is 359 g/mol. The molecule has 0 fully saturated rings. The lowest BCUT2D eigenvalue weighted by Gasteiger charge is -2.38. The molecule has 1 atom stereocenters. The summed E-state index contributed by atoms with van der Waals surface area (Å²) in [5, 5.41) is 0. The zero-order valence-electron chi connectivity index (χ0n) is 15.1. The second kappa shape index (κ2) is 6.85. The van der Waals surface area contributed by atoms with E-state index in [0.717, 1.165) is 22.6 Å². The van der Waals surface area contributed by atoms with Crippen LogP contribution in [0.25, 0.3) is 0 Å². The van der Waals surface area contributed by atoms with Gasteiger partial charge in [-0.25, -0.2) is 4.98 Å². The van der Waals surface area contributed by atoms with Gasteiger partial charge in [-0.1, -0.05) is 42.5 Å². The van der Waals surface area contributed by atoms with Gasteiger partial charge in [-0.05, 0) is 35.4 Å².